The Labute approximate surface area is 36.1 Å². The van der Waals surface area contributed by atoms with E-state index in [4.69, 9.17) is 5.73 Å². The van der Waals surface area contributed by atoms with Crippen LogP contribution >= 0.6 is 0 Å². The molecule has 2 radical (unpaired) electrons. The van der Waals surface area contributed by atoms with Crippen molar-refractivity contribution in [3.8, 4) is 0 Å². The molecule has 6 heavy (non-hydrogen) atoms. The SMILES string of the molecule is COC(=O)C[N]. The van der Waals surface area contributed by atoms with Crippen molar-refractivity contribution in [2.24, 2.45) is 0 Å². The van der Waals surface area contributed by atoms with Crippen LogP contribution < -0.4 is 5.73 Å². The Hall–Kier alpha value is -0.570. The second-order valence-corrected chi connectivity index (χ2v) is 0.734. The molecular formula is C3H5NO2. The molecule has 0 atom stereocenters. The minimum absolute atomic E-state index is 0.531. The maximum Gasteiger partial charge on any atom is 0.323 e. The van der Waals surface area contributed by atoms with Crippen molar-refractivity contribution in [2.45, 2.75) is 0 Å². The third kappa shape index (κ3) is 1.72. The fraction of sp³-hybridized carbons (Fsp3) is 0.667. The molecule has 34 valence electrons. The van der Waals surface area contributed by atoms with Gasteiger partial charge >= 0.3 is 5.97 Å². The van der Waals surface area contributed by atoms with Crippen molar-refractivity contribution >= 4 is 5.97 Å². The van der Waals surface area contributed by atoms with Gasteiger partial charge < -0.3 is 4.74 Å². The third-order valence-electron chi connectivity index (χ3n) is 0.357. The zero-order valence-corrected chi connectivity index (χ0v) is 3.47. The highest BCUT2D eigenvalue weighted by Gasteiger charge is 1.90. The van der Waals surface area contributed by atoms with Crippen molar-refractivity contribution in [1.29, 1.82) is 0 Å². The van der Waals surface area contributed by atoms with E-state index in [1.54, 1.807) is 0 Å². The summed E-state index contributed by atoms with van der Waals surface area (Å²) < 4.78 is 4.01. The van der Waals surface area contributed by atoms with Crippen LogP contribution in [0.15, 0.2) is 0 Å². The lowest BCUT2D eigenvalue weighted by atomic mass is 10.7. The summed E-state index contributed by atoms with van der Waals surface area (Å²) in [6, 6.07) is 0. The van der Waals surface area contributed by atoms with Gasteiger partial charge in [-0.1, -0.05) is 0 Å². The highest BCUT2D eigenvalue weighted by atomic mass is 16.5. The smallest absolute Gasteiger partial charge is 0.323 e. The molecule has 0 heterocycles. The summed E-state index contributed by atoms with van der Waals surface area (Å²) in [7, 11) is 1.22. The minimum Gasteiger partial charge on any atom is -0.468 e. The average Bonchev–Trinajstić information content (AvgIpc) is 1.65. The van der Waals surface area contributed by atoms with Crippen molar-refractivity contribution in [2.75, 3.05) is 13.7 Å². The molecule has 0 saturated carbocycles. The maximum absolute atomic E-state index is 9.71. The molecule has 0 saturated heterocycles. The number of nitrogens with zero attached hydrogens (tertiary/aromatic N) is 1. The van der Waals surface area contributed by atoms with Crippen LogP contribution in [0, 0.1) is 0 Å². The molecule has 3 nitrogen and oxygen atoms in total. The molecule has 0 amide bonds. The Morgan fingerprint density at radius 1 is 2.00 bits per heavy atom. The number of methoxy groups -OCH3 is 1. The van der Waals surface area contributed by atoms with E-state index in [0.717, 1.165) is 0 Å². The van der Waals surface area contributed by atoms with Gasteiger partial charge in [-0.15, -0.1) is 5.73 Å². The summed E-state index contributed by atoms with van der Waals surface area (Å²) in [5.41, 5.74) is 7.86. The molecule has 0 spiro atoms. The molecule has 0 aliphatic rings. The van der Waals surface area contributed by atoms with Crippen molar-refractivity contribution < 1.29 is 9.53 Å². The van der Waals surface area contributed by atoms with Crippen LogP contribution in [0.25, 0.3) is 0 Å². The lowest BCUT2D eigenvalue weighted by molar-refractivity contribution is -0.139. The Bertz CT molecular complexity index is 46.8. The predicted octanol–water partition coefficient (Wildman–Crippen LogP) is -0.772. The van der Waals surface area contributed by atoms with E-state index in [2.05, 4.69) is 4.74 Å². The zero-order chi connectivity index (χ0) is 4.99. The van der Waals surface area contributed by atoms with Crippen LogP contribution in [0.5, 0.6) is 0 Å². The molecule has 3 heteroatoms. The molecule has 0 aromatic rings. The number of esters is 1. The highest BCUT2D eigenvalue weighted by molar-refractivity contribution is 5.70. The lowest BCUT2D eigenvalue weighted by Gasteiger charge is -1.85. The van der Waals surface area contributed by atoms with Crippen molar-refractivity contribution in [3.63, 3.8) is 0 Å². The summed E-state index contributed by atoms with van der Waals surface area (Å²) in [5.74, 6) is -0.602. The van der Waals surface area contributed by atoms with Gasteiger partial charge in [0.15, 0.2) is 0 Å². The molecule has 0 unspecified atom stereocenters. The molecular weight excluding hydrogens is 82.0 g/mol. The molecule has 0 fully saturated rings. The number of carbonyl (C=O) groups excluding carboxylic acids is 1. The van der Waals surface area contributed by atoms with E-state index in [1.807, 2.05) is 0 Å². The van der Waals surface area contributed by atoms with E-state index in [-0.39, 0.29) is 0 Å². The number of hydrogen-bond donors (Lipinski definition) is 0. The van der Waals surface area contributed by atoms with E-state index >= 15 is 0 Å². The first-order valence-electron chi connectivity index (χ1n) is 1.49. The third-order valence-corrected chi connectivity index (χ3v) is 0.357. The number of hydrogen-bond acceptors (Lipinski definition) is 2. The van der Waals surface area contributed by atoms with Gasteiger partial charge in [0.25, 0.3) is 0 Å². The van der Waals surface area contributed by atoms with Gasteiger partial charge in [0.05, 0.1) is 7.11 Å². The fourth-order valence-corrected chi connectivity index (χ4v) is 0.0645. The standard InChI is InChI=1S/C3H5NO2/c1-6-3(5)2-4/h2H2,1H3. The summed E-state index contributed by atoms with van der Waals surface area (Å²) in [5, 5.41) is 0. The van der Waals surface area contributed by atoms with Crippen LogP contribution in [0.1, 0.15) is 0 Å². The minimum atomic E-state index is -0.602. The number of rotatable bonds is 1. The second kappa shape index (κ2) is 2.66. The fourth-order valence-electron chi connectivity index (χ4n) is 0.0645. The van der Waals surface area contributed by atoms with Gasteiger partial charge in [-0.25, -0.2) is 0 Å². The highest BCUT2D eigenvalue weighted by Crippen LogP contribution is 1.62. The van der Waals surface area contributed by atoms with Gasteiger partial charge in [0, 0.05) is 0 Å². The Kier molecular flexibility index (Phi) is 2.40. The Morgan fingerprint density at radius 3 is 2.50 bits per heavy atom. The molecule has 0 N–H and O–H groups in total. The van der Waals surface area contributed by atoms with Crippen LogP contribution in [0.2, 0.25) is 0 Å². The van der Waals surface area contributed by atoms with Crippen LogP contribution in [0.4, 0.5) is 0 Å². The summed E-state index contributed by atoms with van der Waals surface area (Å²) >= 11 is 0. The number of carbonyl (C=O) groups is 1. The lowest BCUT2D eigenvalue weighted by Crippen LogP contribution is -2.05. The summed E-state index contributed by atoms with van der Waals surface area (Å²) in [6.45, 7) is -0.531. The van der Waals surface area contributed by atoms with Gasteiger partial charge in [0.1, 0.15) is 6.54 Å². The van der Waals surface area contributed by atoms with Gasteiger partial charge in [-0.05, 0) is 0 Å². The molecule has 0 aromatic heterocycles. The first kappa shape index (κ1) is 5.43. The molecule has 0 aliphatic heterocycles. The molecule has 0 aromatic carbocycles. The van der Waals surface area contributed by atoms with E-state index in [9.17, 15) is 4.79 Å². The molecule has 0 bridgehead atoms. The predicted molar refractivity (Wildman–Crippen MR) is 19.0 cm³/mol. The maximum atomic E-state index is 9.71. The summed E-state index contributed by atoms with van der Waals surface area (Å²) in [4.78, 5) is 9.71. The van der Waals surface area contributed by atoms with Crippen molar-refractivity contribution in [1.82, 2.24) is 5.73 Å². The first-order valence-corrected chi connectivity index (χ1v) is 1.49. The first-order chi connectivity index (χ1) is 2.81. The topological polar surface area (TPSA) is 48.6 Å². The van der Waals surface area contributed by atoms with E-state index in [0.29, 0.717) is 0 Å². The van der Waals surface area contributed by atoms with Crippen LogP contribution in [-0.2, 0) is 9.53 Å². The summed E-state index contributed by atoms with van der Waals surface area (Å²) in [6.07, 6.45) is 0. The van der Waals surface area contributed by atoms with Gasteiger partial charge in [-0.2, -0.15) is 0 Å². The number of ether oxygens (including phenoxy) is 1. The monoisotopic (exact) mass is 87.0 g/mol. The van der Waals surface area contributed by atoms with Crippen molar-refractivity contribution in [3.05, 3.63) is 0 Å². The Morgan fingerprint density at radius 2 is 2.50 bits per heavy atom. The normalized spacial score (nSPS) is 7.67. The Balaban J connectivity index is 2.99. The average molecular weight is 87.1 g/mol. The largest absolute Gasteiger partial charge is 0.468 e. The molecule has 0 aliphatic carbocycles. The van der Waals surface area contributed by atoms with Crippen LogP contribution in [-0.4, -0.2) is 19.6 Å². The van der Waals surface area contributed by atoms with E-state index < -0.39 is 12.5 Å². The quantitative estimate of drug-likeness (QED) is 0.394. The van der Waals surface area contributed by atoms with E-state index in [1.165, 1.54) is 7.11 Å². The van der Waals surface area contributed by atoms with Gasteiger partial charge in [0.2, 0.25) is 0 Å². The second-order valence-electron chi connectivity index (χ2n) is 0.734. The van der Waals surface area contributed by atoms with Crippen LogP contribution in [0.3, 0.4) is 0 Å². The molecule has 0 rings (SSSR count). The van der Waals surface area contributed by atoms with Gasteiger partial charge in [-0.3, -0.25) is 4.79 Å². The zero-order valence-electron chi connectivity index (χ0n) is 3.47.